The van der Waals surface area contributed by atoms with Crippen LogP contribution in [0.15, 0.2) is 42.5 Å². The zero-order chi connectivity index (χ0) is 14.7. The third kappa shape index (κ3) is 3.13. The number of phenols is 1. The molecule has 1 atom stereocenters. The highest BCUT2D eigenvalue weighted by Crippen LogP contribution is 2.30. The van der Waals surface area contributed by atoms with Crippen molar-refractivity contribution in [3.05, 3.63) is 59.2 Å². The van der Waals surface area contributed by atoms with Crippen molar-refractivity contribution in [3.8, 4) is 5.75 Å². The summed E-state index contributed by atoms with van der Waals surface area (Å²) in [6.45, 7) is 6.45. The van der Waals surface area contributed by atoms with E-state index in [1.54, 1.807) is 12.1 Å². The Balaban J connectivity index is 2.33. The third-order valence-corrected chi connectivity index (χ3v) is 3.75. The van der Waals surface area contributed by atoms with E-state index in [4.69, 9.17) is 0 Å². The van der Waals surface area contributed by atoms with Gasteiger partial charge in [0.25, 0.3) is 0 Å². The minimum absolute atomic E-state index is 0.316. The molecule has 0 aliphatic rings. The van der Waals surface area contributed by atoms with E-state index in [1.807, 2.05) is 12.1 Å². The molecule has 2 aromatic rings. The maximum absolute atomic E-state index is 9.43. The van der Waals surface area contributed by atoms with Gasteiger partial charge in [-0.05, 0) is 61.2 Å². The van der Waals surface area contributed by atoms with E-state index >= 15 is 0 Å². The van der Waals surface area contributed by atoms with E-state index in [2.05, 4.69) is 50.9 Å². The van der Waals surface area contributed by atoms with Gasteiger partial charge in [-0.1, -0.05) is 25.1 Å². The van der Waals surface area contributed by atoms with Gasteiger partial charge in [-0.25, -0.2) is 0 Å². The third-order valence-electron chi connectivity index (χ3n) is 3.75. The number of hydrogen-bond acceptors (Lipinski definition) is 2. The van der Waals surface area contributed by atoms with Crippen LogP contribution < -0.4 is 4.90 Å². The first-order chi connectivity index (χ1) is 9.51. The minimum atomic E-state index is 0.316. The largest absolute Gasteiger partial charge is 0.508 e. The van der Waals surface area contributed by atoms with Gasteiger partial charge in [-0.2, -0.15) is 0 Å². The molecule has 2 rings (SSSR count). The molecule has 0 heterocycles. The number of anilines is 1. The fourth-order valence-electron chi connectivity index (χ4n) is 2.76. The van der Waals surface area contributed by atoms with E-state index in [9.17, 15) is 5.11 Å². The van der Waals surface area contributed by atoms with Crippen LogP contribution in [0.2, 0.25) is 0 Å². The van der Waals surface area contributed by atoms with Crippen molar-refractivity contribution in [2.24, 2.45) is 0 Å². The first kappa shape index (κ1) is 14.4. The summed E-state index contributed by atoms with van der Waals surface area (Å²) in [5.74, 6) is 0.317. The first-order valence-corrected chi connectivity index (χ1v) is 7.11. The molecule has 2 aromatic carbocycles. The Hall–Kier alpha value is -1.96. The van der Waals surface area contributed by atoms with Gasteiger partial charge in [0.15, 0.2) is 0 Å². The summed E-state index contributed by atoms with van der Waals surface area (Å²) >= 11 is 0. The van der Waals surface area contributed by atoms with Gasteiger partial charge in [0.2, 0.25) is 0 Å². The molecule has 0 bridgehead atoms. The Kier molecular flexibility index (Phi) is 4.33. The van der Waals surface area contributed by atoms with Crippen LogP contribution in [-0.2, 0) is 0 Å². The second-order valence-corrected chi connectivity index (χ2v) is 5.47. The van der Waals surface area contributed by atoms with Crippen LogP contribution >= 0.6 is 0 Å². The van der Waals surface area contributed by atoms with E-state index < -0.39 is 0 Å². The molecule has 2 nitrogen and oxygen atoms in total. The van der Waals surface area contributed by atoms with Crippen LogP contribution in [0.3, 0.4) is 0 Å². The molecule has 20 heavy (non-hydrogen) atoms. The number of nitrogens with zero attached hydrogens (tertiary/aromatic N) is 1. The van der Waals surface area contributed by atoms with Crippen molar-refractivity contribution in [1.82, 2.24) is 0 Å². The molecule has 0 aliphatic heterocycles. The predicted octanol–water partition coefficient (Wildman–Crippen LogP) is 4.60. The molecular weight excluding hydrogens is 246 g/mol. The van der Waals surface area contributed by atoms with Gasteiger partial charge in [-0.3, -0.25) is 0 Å². The zero-order valence-electron chi connectivity index (χ0n) is 12.7. The highest BCUT2D eigenvalue weighted by Gasteiger charge is 2.16. The summed E-state index contributed by atoms with van der Waals surface area (Å²) in [5.41, 5.74) is 5.04. The van der Waals surface area contributed by atoms with Crippen molar-refractivity contribution < 1.29 is 5.11 Å². The lowest BCUT2D eigenvalue weighted by Crippen LogP contribution is -2.23. The summed E-state index contributed by atoms with van der Waals surface area (Å²) in [5, 5.41) is 9.43. The van der Waals surface area contributed by atoms with Crippen molar-refractivity contribution in [2.45, 2.75) is 33.2 Å². The lowest BCUT2D eigenvalue weighted by atomic mass is 10.0. The minimum Gasteiger partial charge on any atom is -0.508 e. The van der Waals surface area contributed by atoms with Gasteiger partial charge in [0.05, 0.1) is 6.04 Å². The molecule has 0 aromatic heterocycles. The molecule has 0 amide bonds. The summed E-state index contributed by atoms with van der Waals surface area (Å²) in [6, 6.07) is 14.5. The molecule has 0 fully saturated rings. The molecule has 0 saturated heterocycles. The Morgan fingerprint density at radius 2 is 1.55 bits per heavy atom. The maximum Gasteiger partial charge on any atom is 0.115 e. The topological polar surface area (TPSA) is 23.5 Å². The number of hydrogen-bond donors (Lipinski definition) is 1. The fourth-order valence-corrected chi connectivity index (χ4v) is 2.76. The van der Waals surface area contributed by atoms with Crippen molar-refractivity contribution >= 4 is 5.69 Å². The van der Waals surface area contributed by atoms with Gasteiger partial charge in [0, 0.05) is 12.7 Å². The van der Waals surface area contributed by atoms with E-state index in [0.29, 0.717) is 11.8 Å². The Labute approximate surface area is 121 Å². The Morgan fingerprint density at radius 1 is 1.00 bits per heavy atom. The quantitative estimate of drug-likeness (QED) is 0.877. The summed E-state index contributed by atoms with van der Waals surface area (Å²) < 4.78 is 0. The number of benzene rings is 2. The van der Waals surface area contributed by atoms with Gasteiger partial charge < -0.3 is 10.0 Å². The average molecular weight is 269 g/mol. The molecule has 2 heteroatoms. The van der Waals surface area contributed by atoms with Crippen molar-refractivity contribution in [1.29, 1.82) is 0 Å². The molecule has 1 N–H and O–H groups in total. The van der Waals surface area contributed by atoms with E-state index in [-0.39, 0.29) is 0 Å². The van der Waals surface area contributed by atoms with Crippen LogP contribution in [0.1, 0.15) is 36.1 Å². The SMILES string of the molecule is CCC(c1ccc(O)cc1)N(C)c1cc(C)cc(C)c1. The molecule has 0 aliphatic carbocycles. The van der Waals surface area contributed by atoms with Gasteiger partial charge in [0.1, 0.15) is 5.75 Å². The van der Waals surface area contributed by atoms with Crippen molar-refractivity contribution in [2.75, 3.05) is 11.9 Å². The standard InChI is InChI=1S/C18H23NO/c1-5-18(15-6-8-17(20)9-7-15)19(4)16-11-13(2)10-14(3)12-16/h6-12,18,20H,5H2,1-4H3. The van der Waals surface area contributed by atoms with Crippen LogP contribution in [0, 0.1) is 13.8 Å². The summed E-state index contributed by atoms with van der Waals surface area (Å²) in [6.07, 6.45) is 1.02. The Bertz CT molecular complexity index is 554. The summed E-state index contributed by atoms with van der Waals surface area (Å²) in [4.78, 5) is 2.31. The average Bonchev–Trinajstić information content (AvgIpc) is 2.40. The molecular formula is C18H23NO. The normalized spacial score (nSPS) is 12.2. The number of aromatic hydroxyl groups is 1. The van der Waals surface area contributed by atoms with Crippen LogP contribution in [-0.4, -0.2) is 12.2 Å². The second kappa shape index (κ2) is 6.00. The Morgan fingerprint density at radius 3 is 2.05 bits per heavy atom. The lowest BCUT2D eigenvalue weighted by Gasteiger charge is -2.30. The lowest BCUT2D eigenvalue weighted by molar-refractivity contribution is 0.474. The molecule has 0 spiro atoms. The second-order valence-electron chi connectivity index (χ2n) is 5.47. The zero-order valence-corrected chi connectivity index (χ0v) is 12.7. The molecule has 0 radical (unpaired) electrons. The monoisotopic (exact) mass is 269 g/mol. The van der Waals surface area contributed by atoms with Crippen molar-refractivity contribution in [3.63, 3.8) is 0 Å². The van der Waals surface area contributed by atoms with E-state index in [0.717, 1.165) is 6.42 Å². The number of aryl methyl sites for hydroxylation is 2. The molecule has 0 saturated carbocycles. The molecule has 1 unspecified atom stereocenters. The molecule has 106 valence electrons. The summed E-state index contributed by atoms with van der Waals surface area (Å²) in [7, 11) is 2.13. The first-order valence-electron chi connectivity index (χ1n) is 7.11. The van der Waals surface area contributed by atoms with Crippen LogP contribution in [0.25, 0.3) is 0 Å². The smallest absolute Gasteiger partial charge is 0.115 e. The van der Waals surface area contributed by atoms with E-state index in [1.165, 1.54) is 22.4 Å². The highest BCUT2D eigenvalue weighted by molar-refractivity contribution is 5.52. The van der Waals surface area contributed by atoms with Crippen LogP contribution in [0.4, 0.5) is 5.69 Å². The van der Waals surface area contributed by atoms with Gasteiger partial charge in [-0.15, -0.1) is 0 Å². The van der Waals surface area contributed by atoms with Gasteiger partial charge >= 0.3 is 0 Å². The van der Waals surface area contributed by atoms with Crippen LogP contribution in [0.5, 0.6) is 5.75 Å². The number of rotatable bonds is 4. The highest BCUT2D eigenvalue weighted by atomic mass is 16.3. The predicted molar refractivity (Wildman–Crippen MR) is 85.5 cm³/mol. The fraction of sp³-hybridized carbons (Fsp3) is 0.333. The maximum atomic E-state index is 9.43. The number of phenolic OH excluding ortho intramolecular Hbond substituents is 1.